The monoisotopic (exact) mass is 247 g/mol. The second kappa shape index (κ2) is 4.03. The van der Waals surface area contributed by atoms with E-state index in [-0.39, 0.29) is 5.89 Å². The summed E-state index contributed by atoms with van der Waals surface area (Å²) in [6, 6.07) is 7.18. The maximum atomic E-state index is 5.88. The van der Waals surface area contributed by atoms with Crippen molar-refractivity contribution >= 4 is 11.6 Å². The molecule has 0 fully saturated rings. The molecule has 17 heavy (non-hydrogen) atoms. The van der Waals surface area contributed by atoms with Crippen LogP contribution in [0.25, 0.3) is 23.1 Å². The summed E-state index contributed by atoms with van der Waals surface area (Å²) in [7, 11) is 0. The Morgan fingerprint density at radius 3 is 2.76 bits per heavy atom. The highest BCUT2D eigenvalue weighted by atomic mass is 35.5. The molecule has 0 radical (unpaired) electrons. The first-order valence-electron chi connectivity index (χ1n) is 4.81. The van der Waals surface area contributed by atoms with Gasteiger partial charge in [0.25, 0.3) is 5.89 Å². The van der Waals surface area contributed by atoms with Crippen LogP contribution in [-0.4, -0.2) is 15.2 Å². The Bertz CT molecular complexity index is 634. The molecule has 0 atom stereocenters. The fourth-order valence-corrected chi connectivity index (χ4v) is 1.57. The zero-order valence-electron chi connectivity index (χ0n) is 8.50. The Balaban J connectivity index is 2.01. The van der Waals surface area contributed by atoms with E-state index in [1.54, 1.807) is 12.1 Å². The van der Waals surface area contributed by atoms with E-state index in [1.165, 1.54) is 12.6 Å². The number of rotatable bonds is 2. The lowest BCUT2D eigenvalue weighted by molar-refractivity contribution is 0.519. The van der Waals surface area contributed by atoms with Gasteiger partial charge >= 0.3 is 0 Å². The zero-order valence-corrected chi connectivity index (χ0v) is 9.26. The Morgan fingerprint density at radius 1 is 1.12 bits per heavy atom. The minimum absolute atomic E-state index is 0.289. The first kappa shape index (κ1) is 10.0. The van der Waals surface area contributed by atoms with Crippen LogP contribution in [0.5, 0.6) is 0 Å². The molecule has 3 rings (SSSR count). The van der Waals surface area contributed by atoms with Crippen molar-refractivity contribution in [1.29, 1.82) is 0 Å². The standard InChI is InChI=1S/C11H6ClN3O2/c12-8-3-1-2-7(4-8)10-14-15-11(17-10)9-5-13-6-16-9/h1-6H. The van der Waals surface area contributed by atoms with E-state index >= 15 is 0 Å². The van der Waals surface area contributed by atoms with Gasteiger partial charge in [-0.15, -0.1) is 10.2 Å². The molecular formula is C11H6ClN3O2. The second-order valence-electron chi connectivity index (χ2n) is 3.29. The van der Waals surface area contributed by atoms with Gasteiger partial charge in [0, 0.05) is 10.6 Å². The topological polar surface area (TPSA) is 65.0 Å². The average molecular weight is 248 g/mol. The van der Waals surface area contributed by atoms with E-state index in [1.807, 2.05) is 12.1 Å². The van der Waals surface area contributed by atoms with Crippen molar-refractivity contribution in [2.75, 3.05) is 0 Å². The van der Waals surface area contributed by atoms with Crippen LogP contribution in [0.2, 0.25) is 5.02 Å². The molecule has 0 aliphatic rings. The van der Waals surface area contributed by atoms with Crippen LogP contribution < -0.4 is 0 Å². The van der Waals surface area contributed by atoms with Crippen LogP contribution in [0.1, 0.15) is 0 Å². The first-order valence-corrected chi connectivity index (χ1v) is 5.19. The summed E-state index contributed by atoms with van der Waals surface area (Å²) in [4.78, 5) is 3.78. The van der Waals surface area contributed by atoms with E-state index in [2.05, 4.69) is 15.2 Å². The van der Waals surface area contributed by atoms with Gasteiger partial charge in [0.1, 0.15) is 0 Å². The number of hydrogen-bond donors (Lipinski definition) is 0. The van der Waals surface area contributed by atoms with Crippen molar-refractivity contribution < 1.29 is 8.83 Å². The molecule has 0 saturated heterocycles. The van der Waals surface area contributed by atoms with Crippen molar-refractivity contribution in [3.8, 4) is 23.1 Å². The smallest absolute Gasteiger partial charge is 0.285 e. The molecule has 2 aromatic heterocycles. The fraction of sp³-hybridized carbons (Fsp3) is 0. The Morgan fingerprint density at radius 2 is 2.00 bits per heavy atom. The molecular weight excluding hydrogens is 242 g/mol. The van der Waals surface area contributed by atoms with Gasteiger partial charge in [-0.25, -0.2) is 4.98 Å². The lowest BCUT2D eigenvalue weighted by atomic mass is 10.2. The van der Waals surface area contributed by atoms with Crippen LogP contribution >= 0.6 is 11.6 Å². The van der Waals surface area contributed by atoms with Crippen LogP contribution in [0.3, 0.4) is 0 Å². The number of nitrogens with zero attached hydrogens (tertiary/aromatic N) is 3. The summed E-state index contributed by atoms with van der Waals surface area (Å²) < 4.78 is 10.5. The van der Waals surface area contributed by atoms with Gasteiger partial charge in [0.2, 0.25) is 11.7 Å². The van der Waals surface area contributed by atoms with Crippen molar-refractivity contribution in [2.24, 2.45) is 0 Å². The first-order chi connectivity index (χ1) is 8.33. The Kier molecular flexibility index (Phi) is 2.38. The molecule has 0 aliphatic heterocycles. The van der Waals surface area contributed by atoms with Gasteiger partial charge in [-0.2, -0.15) is 0 Å². The molecule has 0 unspecified atom stereocenters. The minimum atomic E-state index is 0.289. The molecule has 0 saturated carbocycles. The van der Waals surface area contributed by atoms with Gasteiger partial charge in [-0.3, -0.25) is 0 Å². The lowest BCUT2D eigenvalue weighted by Gasteiger charge is -1.94. The van der Waals surface area contributed by atoms with Crippen LogP contribution in [0.4, 0.5) is 0 Å². The lowest BCUT2D eigenvalue weighted by Crippen LogP contribution is -1.76. The normalized spacial score (nSPS) is 10.6. The van der Waals surface area contributed by atoms with E-state index in [4.69, 9.17) is 20.4 Å². The molecule has 2 heterocycles. The van der Waals surface area contributed by atoms with Gasteiger partial charge in [-0.05, 0) is 18.2 Å². The van der Waals surface area contributed by atoms with Gasteiger partial charge in [0.05, 0.1) is 6.20 Å². The highest BCUT2D eigenvalue weighted by molar-refractivity contribution is 6.30. The van der Waals surface area contributed by atoms with Gasteiger partial charge in [0.15, 0.2) is 6.39 Å². The highest BCUT2D eigenvalue weighted by Gasteiger charge is 2.12. The summed E-state index contributed by atoms with van der Waals surface area (Å²) >= 11 is 5.88. The molecule has 5 nitrogen and oxygen atoms in total. The molecule has 0 amide bonds. The molecule has 84 valence electrons. The third-order valence-electron chi connectivity index (χ3n) is 2.14. The van der Waals surface area contributed by atoms with E-state index in [0.29, 0.717) is 16.7 Å². The van der Waals surface area contributed by atoms with E-state index < -0.39 is 0 Å². The quantitative estimate of drug-likeness (QED) is 0.696. The van der Waals surface area contributed by atoms with E-state index in [9.17, 15) is 0 Å². The molecule has 0 spiro atoms. The van der Waals surface area contributed by atoms with Gasteiger partial charge in [-0.1, -0.05) is 17.7 Å². The Hall–Kier alpha value is -2.14. The third kappa shape index (κ3) is 1.92. The fourth-order valence-electron chi connectivity index (χ4n) is 1.38. The summed E-state index contributed by atoms with van der Waals surface area (Å²) in [6.45, 7) is 0. The number of oxazole rings is 1. The van der Waals surface area contributed by atoms with Gasteiger partial charge < -0.3 is 8.83 Å². The number of aromatic nitrogens is 3. The average Bonchev–Trinajstić information content (AvgIpc) is 3.00. The number of halogens is 1. The second-order valence-corrected chi connectivity index (χ2v) is 3.72. The maximum Gasteiger partial charge on any atom is 0.285 e. The minimum Gasteiger partial charge on any atom is -0.438 e. The summed E-state index contributed by atoms with van der Waals surface area (Å²) in [5.41, 5.74) is 0.760. The van der Waals surface area contributed by atoms with Crippen molar-refractivity contribution in [3.05, 3.63) is 41.9 Å². The summed E-state index contributed by atoms with van der Waals surface area (Å²) in [5.74, 6) is 1.11. The molecule has 0 N–H and O–H groups in total. The molecule has 1 aromatic carbocycles. The predicted molar refractivity (Wildman–Crippen MR) is 60.2 cm³/mol. The molecule has 0 aliphatic carbocycles. The van der Waals surface area contributed by atoms with Crippen molar-refractivity contribution in [1.82, 2.24) is 15.2 Å². The maximum absolute atomic E-state index is 5.88. The molecule has 6 heteroatoms. The van der Waals surface area contributed by atoms with Crippen LogP contribution in [-0.2, 0) is 0 Å². The number of hydrogen-bond acceptors (Lipinski definition) is 5. The van der Waals surface area contributed by atoms with E-state index in [0.717, 1.165) is 5.56 Å². The molecule has 0 bridgehead atoms. The Labute approximate surface area is 101 Å². The summed E-state index contributed by atoms with van der Waals surface area (Å²) in [5, 5.41) is 8.40. The predicted octanol–water partition coefficient (Wildman–Crippen LogP) is 3.05. The van der Waals surface area contributed by atoms with Crippen molar-refractivity contribution in [3.63, 3.8) is 0 Å². The largest absolute Gasteiger partial charge is 0.438 e. The van der Waals surface area contributed by atoms with Crippen LogP contribution in [0.15, 0.2) is 45.7 Å². The number of benzene rings is 1. The van der Waals surface area contributed by atoms with Crippen molar-refractivity contribution in [2.45, 2.75) is 0 Å². The SMILES string of the molecule is Clc1cccc(-c2nnc(-c3cnco3)o2)c1. The summed E-state index contributed by atoms with van der Waals surface area (Å²) in [6.07, 6.45) is 2.81. The third-order valence-corrected chi connectivity index (χ3v) is 2.37. The zero-order chi connectivity index (χ0) is 11.7. The highest BCUT2D eigenvalue weighted by Crippen LogP contribution is 2.25. The van der Waals surface area contributed by atoms with Crippen LogP contribution in [0, 0.1) is 0 Å². The molecule has 3 aromatic rings.